The fraction of sp³-hybridized carbons (Fsp3) is 0.429. The summed E-state index contributed by atoms with van der Waals surface area (Å²) in [6, 6.07) is 8.42. The summed E-state index contributed by atoms with van der Waals surface area (Å²) >= 11 is 1.81. The van der Waals surface area contributed by atoms with Crippen molar-refractivity contribution in [3.63, 3.8) is 0 Å². The van der Waals surface area contributed by atoms with Crippen LogP contribution >= 0.6 is 11.8 Å². The normalized spacial score (nSPS) is 11.6. The highest BCUT2D eigenvalue weighted by Crippen LogP contribution is 2.26. The third kappa shape index (κ3) is 3.28. The second kappa shape index (κ2) is 6.27. The van der Waals surface area contributed by atoms with Crippen LogP contribution in [0.25, 0.3) is 11.0 Å². The van der Waals surface area contributed by atoms with Gasteiger partial charge in [-0.2, -0.15) is 11.8 Å². The van der Waals surface area contributed by atoms with E-state index in [0.717, 1.165) is 35.9 Å². The summed E-state index contributed by atoms with van der Waals surface area (Å²) in [5, 5.41) is 1.23. The van der Waals surface area contributed by atoms with Crippen LogP contribution in [0.1, 0.15) is 11.3 Å². The number of furan rings is 1. The summed E-state index contributed by atoms with van der Waals surface area (Å²) in [5.74, 6) is 2.91. The molecule has 0 atom stereocenters. The molecule has 0 unspecified atom stereocenters. The Bertz CT molecular complexity index is 507. The molecule has 0 aliphatic rings. The van der Waals surface area contributed by atoms with E-state index in [1.54, 1.807) is 0 Å². The van der Waals surface area contributed by atoms with Gasteiger partial charge in [-0.3, -0.25) is 0 Å². The van der Waals surface area contributed by atoms with Crippen LogP contribution in [0.3, 0.4) is 0 Å². The van der Waals surface area contributed by atoms with Crippen molar-refractivity contribution < 1.29 is 4.42 Å². The summed E-state index contributed by atoms with van der Waals surface area (Å²) in [4.78, 5) is 2.17. The predicted molar refractivity (Wildman–Crippen MR) is 78.8 cm³/mol. The molecule has 2 N–H and O–H groups in total. The van der Waals surface area contributed by atoms with E-state index in [1.165, 1.54) is 10.9 Å². The van der Waals surface area contributed by atoms with Crippen LogP contribution in [0, 0.1) is 0 Å². The quantitative estimate of drug-likeness (QED) is 0.815. The van der Waals surface area contributed by atoms with E-state index in [2.05, 4.69) is 37.2 Å². The first-order chi connectivity index (χ1) is 8.70. The molecule has 2 rings (SSSR count). The van der Waals surface area contributed by atoms with Gasteiger partial charge in [0.2, 0.25) is 0 Å². The fourth-order valence-corrected chi connectivity index (χ4v) is 2.63. The lowest BCUT2D eigenvalue weighted by atomic mass is 10.1. The van der Waals surface area contributed by atoms with Crippen molar-refractivity contribution in [2.24, 2.45) is 5.73 Å². The highest BCUT2D eigenvalue weighted by molar-refractivity contribution is 7.98. The molecule has 1 aromatic heterocycles. The highest BCUT2D eigenvalue weighted by atomic mass is 32.2. The Balaban J connectivity index is 2.21. The average Bonchev–Trinajstić information content (AvgIpc) is 2.73. The molecule has 0 radical (unpaired) electrons. The van der Waals surface area contributed by atoms with Crippen molar-refractivity contribution in [2.75, 3.05) is 26.4 Å². The molecule has 0 aliphatic heterocycles. The maximum Gasteiger partial charge on any atom is 0.134 e. The summed E-state index contributed by atoms with van der Waals surface area (Å²) < 4.78 is 5.86. The van der Waals surface area contributed by atoms with Crippen molar-refractivity contribution in [3.05, 3.63) is 35.6 Å². The van der Waals surface area contributed by atoms with Gasteiger partial charge in [0.05, 0.1) is 5.75 Å². The molecular formula is C14H20N2OS. The smallest absolute Gasteiger partial charge is 0.134 e. The molecule has 0 bridgehead atoms. The first kappa shape index (κ1) is 13.5. The Morgan fingerprint density at radius 1 is 1.33 bits per heavy atom. The first-order valence-electron chi connectivity index (χ1n) is 6.13. The lowest BCUT2D eigenvalue weighted by molar-refractivity contribution is 0.404. The number of nitrogens with two attached hydrogens (primary N) is 1. The molecular weight excluding hydrogens is 244 g/mol. The molecule has 98 valence electrons. The van der Waals surface area contributed by atoms with Gasteiger partial charge in [-0.15, -0.1) is 0 Å². The minimum Gasteiger partial charge on any atom is -0.460 e. The standard InChI is InChI=1S/C14H20N2OS/c1-16(2)9-11-4-3-5-14-13(11)8-12(17-14)10-18-7-6-15/h3-5,8H,6-7,9-10,15H2,1-2H3. The second-order valence-corrected chi connectivity index (χ2v) is 5.73. The number of benzene rings is 1. The molecule has 3 nitrogen and oxygen atoms in total. The molecule has 0 aliphatic carbocycles. The molecule has 2 aromatic rings. The van der Waals surface area contributed by atoms with Gasteiger partial charge < -0.3 is 15.1 Å². The van der Waals surface area contributed by atoms with E-state index in [1.807, 2.05) is 17.8 Å². The summed E-state index contributed by atoms with van der Waals surface area (Å²) in [7, 11) is 4.16. The summed E-state index contributed by atoms with van der Waals surface area (Å²) in [5.41, 5.74) is 7.79. The number of fused-ring (bicyclic) bond motifs is 1. The Kier molecular flexibility index (Phi) is 4.69. The molecule has 0 saturated heterocycles. The van der Waals surface area contributed by atoms with Gasteiger partial charge in [-0.1, -0.05) is 12.1 Å². The Morgan fingerprint density at radius 2 is 2.17 bits per heavy atom. The number of rotatable bonds is 6. The maximum absolute atomic E-state index is 5.86. The van der Waals surface area contributed by atoms with Crippen LogP contribution in [-0.4, -0.2) is 31.3 Å². The molecule has 1 aromatic carbocycles. The highest BCUT2D eigenvalue weighted by Gasteiger charge is 2.08. The fourth-order valence-electron chi connectivity index (χ4n) is 1.98. The van der Waals surface area contributed by atoms with Crippen LogP contribution in [0.15, 0.2) is 28.7 Å². The van der Waals surface area contributed by atoms with Gasteiger partial charge in [0.15, 0.2) is 0 Å². The Labute approximate surface area is 112 Å². The van der Waals surface area contributed by atoms with E-state index in [0.29, 0.717) is 0 Å². The zero-order valence-corrected chi connectivity index (χ0v) is 11.8. The van der Waals surface area contributed by atoms with Crippen LogP contribution in [0.5, 0.6) is 0 Å². The van der Waals surface area contributed by atoms with Crippen molar-refractivity contribution in [1.82, 2.24) is 4.90 Å². The van der Waals surface area contributed by atoms with Crippen molar-refractivity contribution in [3.8, 4) is 0 Å². The van der Waals surface area contributed by atoms with Crippen LogP contribution in [0.4, 0.5) is 0 Å². The number of nitrogens with zero attached hydrogens (tertiary/aromatic N) is 1. The van der Waals surface area contributed by atoms with Gasteiger partial charge in [0, 0.05) is 24.2 Å². The number of hydrogen-bond acceptors (Lipinski definition) is 4. The van der Waals surface area contributed by atoms with Crippen molar-refractivity contribution in [2.45, 2.75) is 12.3 Å². The zero-order chi connectivity index (χ0) is 13.0. The SMILES string of the molecule is CN(C)Cc1cccc2oc(CSCCN)cc12. The van der Waals surface area contributed by atoms with Crippen LogP contribution in [0.2, 0.25) is 0 Å². The minimum atomic E-state index is 0.719. The molecule has 0 spiro atoms. The van der Waals surface area contributed by atoms with E-state index < -0.39 is 0 Å². The number of thioether (sulfide) groups is 1. The van der Waals surface area contributed by atoms with Gasteiger partial charge >= 0.3 is 0 Å². The van der Waals surface area contributed by atoms with Gasteiger partial charge in [0.1, 0.15) is 11.3 Å². The molecule has 4 heteroatoms. The van der Waals surface area contributed by atoms with Gasteiger partial charge in [0.25, 0.3) is 0 Å². The summed E-state index contributed by atoms with van der Waals surface area (Å²) in [6.07, 6.45) is 0. The van der Waals surface area contributed by atoms with E-state index in [-0.39, 0.29) is 0 Å². The van der Waals surface area contributed by atoms with E-state index >= 15 is 0 Å². The molecule has 0 saturated carbocycles. The van der Waals surface area contributed by atoms with Crippen molar-refractivity contribution >= 4 is 22.7 Å². The Morgan fingerprint density at radius 3 is 2.89 bits per heavy atom. The molecule has 0 amide bonds. The largest absolute Gasteiger partial charge is 0.460 e. The maximum atomic E-state index is 5.86. The van der Waals surface area contributed by atoms with Gasteiger partial charge in [-0.05, 0) is 31.8 Å². The lowest BCUT2D eigenvalue weighted by Gasteiger charge is -2.09. The first-order valence-corrected chi connectivity index (χ1v) is 7.29. The van der Waals surface area contributed by atoms with Crippen LogP contribution in [-0.2, 0) is 12.3 Å². The summed E-state index contributed by atoms with van der Waals surface area (Å²) in [6.45, 7) is 1.66. The Hall–Kier alpha value is -0.970. The molecule has 18 heavy (non-hydrogen) atoms. The van der Waals surface area contributed by atoms with E-state index in [4.69, 9.17) is 10.2 Å². The topological polar surface area (TPSA) is 42.4 Å². The monoisotopic (exact) mass is 264 g/mol. The molecule has 1 heterocycles. The third-order valence-corrected chi connectivity index (χ3v) is 3.71. The minimum absolute atomic E-state index is 0.719. The average molecular weight is 264 g/mol. The zero-order valence-electron chi connectivity index (χ0n) is 11.0. The lowest BCUT2D eigenvalue weighted by Crippen LogP contribution is -2.10. The molecule has 0 fully saturated rings. The van der Waals surface area contributed by atoms with Crippen LogP contribution < -0.4 is 5.73 Å². The number of hydrogen-bond donors (Lipinski definition) is 1. The predicted octanol–water partition coefficient (Wildman–Crippen LogP) is 2.69. The van der Waals surface area contributed by atoms with Crippen molar-refractivity contribution in [1.29, 1.82) is 0 Å². The van der Waals surface area contributed by atoms with E-state index in [9.17, 15) is 0 Å². The van der Waals surface area contributed by atoms with Gasteiger partial charge in [-0.25, -0.2) is 0 Å². The second-order valence-electron chi connectivity index (χ2n) is 4.62. The third-order valence-electron chi connectivity index (χ3n) is 2.70.